The molecule has 1 amide bonds. The number of halogens is 2. The molecule has 0 aliphatic rings. The molecule has 0 bridgehead atoms. The summed E-state index contributed by atoms with van der Waals surface area (Å²) in [6.45, 7) is 0. The molecule has 0 fully saturated rings. The monoisotopic (exact) mass is 352 g/mol. The van der Waals surface area contributed by atoms with E-state index in [1.807, 2.05) is 36.4 Å². The number of hydrogen-bond acceptors (Lipinski definition) is 3. The van der Waals surface area contributed by atoms with E-state index in [0.717, 1.165) is 16.1 Å². The Morgan fingerprint density at radius 3 is 2.77 bits per heavy atom. The molecule has 6 heteroatoms. The SMILES string of the molecule is O=C(CSCc1ccccc1Cl)NN=Cc1cccc(Cl)c1. The first kappa shape index (κ1) is 16.9. The second-order valence-corrected chi connectivity index (χ2v) is 6.26. The summed E-state index contributed by atoms with van der Waals surface area (Å²) >= 11 is 13.4. The molecule has 0 radical (unpaired) electrons. The first-order valence-corrected chi connectivity index (χ1v) is 8.45. The molecule has 0 aromatic heterocycles. The molecule has 1 N–H and O–H groups in total. The van der Waals surface area contributed by atoms with Crippen LogP contribution in [0.2, 0.25) is 10.0 Å². The molecule has 0 saturated heterocycles. The lowest BCUT2D eigenvalue weighted by atomic mass is 10.2. The van der Waals surface area contributed by atoms with Crippen LogP contribution in [0.1, 0.15) is 11.1 Å². The highest BCUT2D eigenvalue weighted by Crippen LogP contribution is 2.20. The van der Waals surface area contributed by atoms with Gasteiger partial charge < -0.3 is 0 Å². The Balaban J connectivity index is 1.73. The van der Waals surface area contributed by atoms with Gasteiger partial charge in [-0.1, -0.05) is 53.5 Å². The minimum atomic E-state index is -0.157. The highest BCUT2D eigenvalue weighted by atomic mass is 35.5. The van der Waals surface area contributed by atoms with Crippen LogP contribution in [0.4, 0.5) is 0 Å². The number of thioether (sulfide) groups is 1. The zero-order valence-electron chi connectivity index (χ0n) is 11.6. The Labute approximate surface area is 143 Å². The molecular weight excluding hydrogens is 339 g/mol. The zero-order chi connectivity index (χ0) is 15.8. The molecule has 0 aliphatic carbocycles. The van der Waals surface area contributed by atoms with Crippen molar-refractivity contribution in [2.45, 2.75) is 5.75 Å². The van der Waals surface area contributed by atoms with Gasteiger partial charge in [-0.25, -0.2) is 5.43 Å². The number of nitrogens with one attached hydrogen (secondary N) is 1. The van der Waals surface area contributed by atoms with E-state index in [1.54, 1.807) is 18.3 Å². The van der Waals surface area contributed by atoms with Crippen molar-refractivity contribution in [3.63, 3.8) is 0 Å². The first-order valence-electron chi connectivity index (χ1n) is 6.54. The van der Waals surface area contributed by atoms with Crippen molar-refractivity contribution in [2.24, 2.45) is 5.10 Å². The van der Waals surface area contributed by atoms with Gasteiger partial charge in [-0.05, 0) is 29.3 Å². The molecule has 2 aromatic rings. The highest BCUT2D eigenvalue weighted by Gasteiger charge is 2.03. The van der Waals surface area contributed by atoms with Gasteiger partial charge in [0.1, 0.15) is 0 Å². The lowest BCUT2D eigenvalue weighted by molar-refractivity contribution is -0.118. The fourth-order valence-electron chi connectivity index (χ4n) is 1.67. The molecule has 114 valence electrons. The quantitative estimate of drug-likeness (QED) is 0.619. The molecule has 3 nitrogen and oxygen atoms in total. The van der Waals surface area contributed by atoms with Crippen molar-refractivity contribution >= 4 is 47.1 Å². The average Bonchev–Trinajstić information content (AvgIpc) is 2.49. The third-order valence-electron chi connectivity index (χ3n) is 2.70. The summed E-state index contributed by atoms with van der Waals surface area (Å²) in [6, 6.07) is 14.8. The van der Waals surface area contributed by atoms with Gasteiger partial charge in [-0.2, -0.15) is 5.10 Å². The lowest BCUT2D eigenvalue weighted by Crippen LogP contribution is -2.19. The fraction of sp³-hybridized carbons (Fsp3) is 0.125. The summed E-state index contributed by atoms with van der Waals surface area (Å²) in [4.78, 5) is 11.7. The van der Waals surface area contributed by atoms with E-state index in [4.69, 9.17) is 23.2 Å². The third-order valence-corrected chi connectivity index (χ3v) is 4.29. The second-order valence-electron chi connectivity index (χ2n) is 4.43. The third kappa shape index (κ3) is 5.72. The minimum absolute atomic E-state index is 0.157. The minimum Gasteiger partial charge on any atom is -0.272 e. The normalized spacial score (nSPS) is 10.8. The van der Waals surface area contributed by atoms with Crippen LogP contribution < -0.4 is 5.43 Å². The number of benzene rings is 2. The van der Waals surface area contributed by atoms with Crippen molar-refractivity contribution in [3.8, 4) is 0 Å². The van der Waals surface area contributed by atoms with Crippen molar-refractivity contribution in [1.29, 1.82) is 0 Å². The van der Waals surface area contributed by atoms with Crippen LogP contribution in [0.3, 0.4) is 0 Å². The van der Waals surface area contributed by atoms with Crippen LogP contribution in [-0.2, 0) is 10.5 Å². The Hall–Kier alpha value is -1.49. The van der Waals surface area contributed by atoms with Gasteiger partial charge in [0, 0.05) is 15.8 Å². The molecule has 2 rings (SSSR count). The molecule has 2 aromatic carbocycles. The van der Waals surface area contributed by atoms with Crippen LogP contribution >= 0.6 is 35.0 Å². The van der Waals surface area contributed by atoms with Gasteiger partial charge in [0.05, 0.1) is 12.0 Å². The van der Waals surface area contributed by atoms with Gasteiger partial charge in [-0.15, -0.1) is 11.8 Å². The smallest absolute Gasteiger partial charge is 0.250 e. The summed E-state index contributed by atoms with van der Waals surface area (Å²) < 4.78 is 0. The zero-order valence-corrected chi connectivity index (χ0v) is 14.0. The van der Waals surface area contributed by atoms with E-state index < -0.39 is 0 Å². The average molecular weight is 353 g/mol. The Morgan fingerprint density at radius 2 is 2.00 bits per heavy atom. The van der Waals surface area contributed by atoms with Gasteiger partial charge in [-0.3, -0.25) is 4.79 Å². The summed E-state index contributed by atoms with van der Waals surface area (Å²) in [5, 5.41) is 5.25. The lowest BCUT2D eigenvalue weighted by Gasteiger charge is -2.03. The number of nitrogens with zero attached hydrogens (tertiary/aromatic N) is 1. The maximum atomic E-state index is 11.7. The number of carbonyl (C=O) groups is 1. The van der Waals surface area contributed by atoms with Gasteiger partial charge in [0.15, 0.2) is 0 Å². The maximum absolute atomic E-state index is 11.7. The van der Waals surface area contributed by atoms with E-state index in [9.17, 15) is 4.79 Å². The Morgan fingerprint density at radius 1 is 1.18 bits per heavy atom. The second kappa shape index (κ2) is 8.83. The van der Waals surface area contributed by atoms with Crippen LogP contribution in [0.25, 0.3) is 0 Å². The number of hydrogen-bond donors (Lipinski definition) is 1. The summed E-state index contributed by atoms with van der Waals surface area (Å²) in [6.07, 6.45) is 1.56. The van der Waals surface area contributed by atoms with Crippen molar-refractivity contribution in [3.05, 3.63) is 69.7 Å². The maximum Gasteiger partial charge on any atom is 0.250 e. The molecule has 0 atom stereocenters. The molecule has 0 aliphatic heterocycles. The van der Waals surface area contributed by atoms with E-state index in [-0.39, 0.29) is 5.91 Å². The molecule has 0 saturated carbocycles. The predicted octanol–water partition coefficient (Wildman–Crippen LogP) is 4.38. The Kier molecular flexibility index (Phi) is 6.77. The van der Waals surface area contributed by atoms with Crippen molar-refractivity contribution < 1.29 is 4.79 Å². The van der Waals surface area contributed by atoms with E-state index in [0.29, 0.717) is 16.5 Å². The van der Waals surface area contributed by atoms with E-state index in [2.05, 4.69) is 10.5 Å². The standard InChI is InChI=1S/C16H14Cl2N2OS/c17-14-6-3-4-12(8-14)9-19-20-16(21)11-22-10-13-5-1-2-7-15(13)18/h1-9H,10-11H2,(H,20,21). The van der Waals surface area contributed by atoms with Crippen LogP contribution in [0.5, 0.6) is 0 Å². The topological polar surface area (TPSA) is 41.5 Å². The van der Waals surface area contributed by atoms with E-state index in [1.165, 1.54) is 11.8 Å². The van der Waals surface area contributed by atoms with Crippen LogP contribution in [0, 0.1) is 0 Å². The summed E-state index contributed by atoms with van der Waals surface area (Å²) in [5.41, 5.74) is 4.33. The summed E-state index contributed by atoms with van der Waals surface area (Å²) in [7, 11) is 0. The van der Waals surface area contributed by atoms with Gasteiger partial charge in [0.25, 0.3) is 0 Å². The van der Waals surface area contributed by atoms with Crippen LogP contribution in [0.15, 0.2) is 53.6 Å². The van der Waals surface area contributed by atoms with Gasteiger partial charge >= 0.3 is 0 Å². The summed E-state index contributed by atoms with van der Waals surface area (Å²) in [5.74, 6) is 0.846. The van der Waals surface area contributed by atoms with Gasteiger partial charge in [0.2, 0.25) is 5.91 Å². The first-order chi connectivity index (χ1) is 10.6. The Bertz CT molecular complexity index is 677. The molecule has 0 spiro atoms. The van der Waals surface area contributed by atoms with Crippen molar-refractivity contribution in [1.82, 2.24) is 5.43 Å². The molecule has 22 heavy (non-hydrogen) atoms. The number of amides is 1. The fourth-order valence-corrected chi connectivity index (χ4v) is 2.97. The molecule has 0 unspecified atom stereocenters. The number of rotatable bonds is 6. The predicted molar refractivity (Wildman–Crippen MR) is 94.8 cm³/mol. The highest BCUT2D eigenvalue weighted by molar-refractivity contribution is 7.99. The number of hydrazone groups is 1. The molecular formula is C16H14Cl2N2OS. The molecule has 0 heterocycles. The number of carbonyl (C=O) groups excluding carboxylic acids is 1. The van der Waals surface area contributed by atoms with E-state index >= 15 is 0 Å². The van der Waals surface area contributed by atoms with Crippen molar-refractivity contribution in [2.75, 3.05) is 5.75 Å². The largest absolute Gasteiger partial charge is 0.272 e. The van der Waals surface area contributed by atoms with Crippen LogP contribution in [-0.4, -0.2) is 17.9 Å².